The third kappa shape index (κ3) is 4.70. The summed E-state index contributed by atoms with van der Waals surface area (Å²) in [6.45, 7) is 0.562. The van der Waals surface area contributed by atoms with Crippen molar-refractivity contribution in [2.24, 2.45) is 7.05 Å². The average Bonchev–Trinajstić information content (AvgIpc) is 3.02. The first-order valence-corrected chi connectivity index (χ1v) is 9.11. The van der Waals surface area contributed by atoms with Gasteiger partial charge in [0.25, 0.3) is 0 Å². The zero-order valence-electron chi connectivity index (χ0n) is 14.1. The number of amides is 1. The molecule has 0 radical (unpaired) electrons. The van der Waals surface area contributed by atoms with Crippen LogP contribution in [0.2, 0.25) is 0 Å². The monoisotopic (exact) mass is 352 g/mol. The van der Waals surface area contributed by atoms with E-state index in [1.807, 2.05) is 72.3 Å². The first-order chi connectivity index (χ1) is 12.2. The summed E-state index contributed by atoms with van der Waals surface area (Å²) in [5, 5.41) is 12.2. The highest BCUT2D eigenvalue weighted by Gasteiger charge is 2.11. The lowest BCUT2D eigenvalue weighted by atomic mass is 10.2. The molecule has 25 heavy (non-hydrogen) atoms. The quantitative estimate of drug-likeness (QED) is 0.663. The number of thioether (sulfide) groups is 1. The van der Waals surface area contributed by atoms with Gasteiger partial charge in [0.2, 0.25) is 5.91 Å². The van der Waals surface area contributed by atoms with Crippen molar-refractivity contribution >= 4 is 17.7 Å². The highest BCUT2D eigenvalue weighted by molar-refractivity contribution is 7.99. The molecule has 0 fully saturated rings. The van der Waals surface area contributed by atoms with Crippen molar-refractivity contribution in [3.63, 3.8) is 0 Å². The van der Waals surface area contributed by atoms with E-state index >= 15 is 0 Å². The maximum atomic E-state index is 12.0. The van der Waals surface area contributed by atoms with Gasteiger partial charge in [0.15, 0.2) is 11.0 Å². The summed E-state index contributed by atoms with van der Waals surface area (Å²) in [6, 6.07) is 19.9. The molecule has 2 aromatic carbocycles. The summed E-state index contributed by atoms with van der Waals surface area (Å²) >= 11 is 1.54. The predicted octanol–water partition coefficient (Wildman–Crippen LogP) is 3.28. The minimum absolute atomic E-state index is 0.0433. The zero-order valence-corrected chi connectivity index (χ0v) is 14.9. The number of nitrogens with zero attached hydrogens (tertiary/aromatic N) is 3. The second kappa shape index (κ2) is 8.48. The Kier molecular flexibility index (Phi) is 5.85. The van der Waals surface area contributed by atoms with Crippen LogP contribution in [-0.4, -0.2) is 26.4 Å². The Morgan fingerprint density at radius 3 is 2.44 bits per heavy atom. The molecule has 0 saturated heterocycles. The number of aromatic nitrogens is 3. The molecule has 0 aliphatic carbocycles. The van der Waals surface area contributed by atoms with Gasteiger partial charge in [-0.15, -0.1) is 10.2 Å². The number of hydrogen-bond acceptors (Lipinski definition) is 4. The number of carbonyl (C=O) groups excluding carboxylic acids is 1. The van der Waals surface area contributed by atoms with E-state index in [9.17, 15) is 4.79 Å². The van der Waals surface area contributed by atoms with Gasteiger partial charge >= 0.3 is 0 Å². The molecule has 128 valence electrons. The normalized spacial score (nSPS) is 10.6. The van der Waals surface area contributed by atoms with Crippen LogP contribution < -0.4 is 5.32 Å². The van der Waals surface area contributed by atoms with E-state index in [1.54, 1.807) is 11.8 Å². The van der Waals surface area contributed by atoms with Crippen LogP contribution in [0.4, 0.5) is 0 Å². The largest absolute Gasteiger partial charge is 0.352 e. The van der Waals surface area contributed by atoms with Gasteiger partial charge < -0.3 is 9.88 Å². The molecule has 0 atom stereocenters. The molecule has 1 aromatic heterocycles. The first kappa shape index (κ1) is 17.2. The second-order valence-corrected chi connectivity index (χ2v) is 6.65. The molecule has 0 unspecified atom stereocenters. The summed E-state index contributed by atoms with van der Waals surface area (Å²) in [4.78, 5) is 12.0. The van der Waals surface area contributed by atoms with Gasteiger partial charge in [0, 0.05) is 31.3 Å². The molecule has 1 heterocycles. The Balaban J connectivity index is 1.48. The van der Waals surface area contributed by atoms with Crippen molar-refractivity contribution in [1.82, 2.24) is 20.1 Å². The van der Waals surface area contributed by atoms with E-state index in [1.165, 1.54) is 0 Å². The van der Waals surface area contributed by atoms with E-state index in [0.29, 0.717) is 18.7 Å². The van der Waals surface area contributed by atoms with Crippen molar-refractivity contribution in [2.75, 3.05) is 5.75 Å². The maximum Gasteiger partial charge on any atom is 0.221 e. The fourth-order valence-electron chi connectivity index (χ4n) is 2.40. The fraction of sp³-hybridized carbons (Fsp3) is 0.211. The number of benzene rings is 2. The Morgan fingerprint density at radius 2 is 1.72 bits per heavy atom. The number of nitrogens with one attached hydrogen (secondary N) is 1. The molecule has 1 amide bonds. The molecule has 3 aromatic rings. The van der Waals surface area contributed by atoms with Crippen LogP contribution in [0.15, 0.2) is 65.8 Å². The Morgan fingerprint density at radius 1 is 1.04 bits per heavy atom. The number of rotatable bonds is 7. The third-order valence-electron chi connectivity index (χ3n) is 3.76. The molecule has 0 spiro atoms. The van der Waals surface area contributed by atoms with Gasteiger partial charge in [0.05, 0.1) is 0 Å². The summed E-state index contributed by atoms with van der Waals surface area (Å²) in [6.07, 6.45) is 0.449. The summed E-state index contributed by atoms with van der Waals surface area (Å²) < 4.78 is 1.96. The van der Waals surface area contributed by atoms with Crippen molar-refractivity contribution in [2.45, 2.75) is 18.1 Å². The van der Waals surface area contributed by atoms with Crippen LogP contribution in [-0.2, 0) is 18.4 Å². The van der Waals surface area contributed by atoms with Gasteiger partial charge in [-0.05, 0) is 5.56 Å². The maximum absolute atomic E-state index is 12.0. The highest BCUT2D eigenvalue weighted by Crippen LogP contribution is 2.22. The number of hydrogen-bond donors (Lipinski definition) is 1. The average molecular weight is 352 g/mol. The molecule has 5 nitrogen and oxygen atoms in total. The standard InChI is InChI=1S/C19H20N4OS/c1-23-18(16-10-6-3-7-11-16)21-22-19(23)25-13-12-17(24)20-14-15-8-4-2-5-9-15/h2-11H,12-14H2,1H3,(H,20,24). The lowest BCUT2D eigenvalue weighted by molar-refractivity contribution is -0.120. The number of carbonyl (C=O) groups is 1. The van der Waals surface area contributed by atoms with Gasteiger partial charge in [-0.25, -0.2) is 0 Å². The van der Waals surface area contributed by atoms with Crippen LogP contribution in [0.25, 0.3) is 11.4 Å². The Hall–Kier alpha value is -2.60. The molecule has 1 N–H and O–H groups in total. The molecule has 6 heteroatoms. The van der Waals surface area contributed by atoms with Crippen LogP contribution in [0, 0.1) is 0 Å². The third-order valence-corrected chi connectivity index (χ3v) is 4.78. The molecule has 0 bridgehead atoms. The van der Waals surface area contributed by atoms with Crippen molar-refractivity contribution < 1.29 is 4.79 Å². The van der Waals surface area contributed by atoms with E-state index in [2.05, 4.69) is 15.5 Å². The molecular formula is C19H20N4OS. The van der Waals surface area contributed by atoms with E-state index in [0.717, 1.165) is 22.1 Å². The van der Waals surface area contributed by atoms with Gasteiger partial charge in [0.1, 0.15) is 0 Å². The van der Waals surface area contributed by atoms with Crippen LogP contribution in [0.1, 0.15) is 12.0 Å². The van der Waals surface area contributed by atoms with E-state index in [4.69, 9.17) is 0 Å². The molecule has 0 aliphatic heterocycles. The highest BCUT2D eigenvalue weighted by atomic mass is 32.2. The van der Waals surface area contributed by atoms with E-state index < -0.39 is 0 Å². The Labute approximate surface area is 151 Å². The fourth-order valence-corrected chi connectivity index (χ4v) is 3.25. The van der Waals surface area contributed by atoms with Gasteiger partial charge in [-0.3, -0.25) is 4.79 Å². The topological polar surface area (TPSA) is 59.8 Å². The van der Waals surface area contributed by atoms with Gasteiger partial charge in [-0.2, -0.15) is 0 Å². The summed E-state index contributed by atoms with van der Waals surface area (Å²) in [5.41, 5.74) is 2.13. The second-order valence-electron chi connectivity index (χ2n) is 5.59. The Bertz CT molecular complexity index is 818. The zero-order chi connectivity index (χ0) is 17.5. The van der Waals surface area contributed by atoms with Crippen molar-refractivity contribution in [3.8, 4) is 11.4 Å². The lowest BCUT2D eigenvalue weighted by Gasteiger charge is -2.06. The van der Waals surface area contributed by atoms with Crippen LogP contribution >= 0.6 is 11.8 Å². The minimum Gasteiger partial charge on any atom is -0.352 e. The summed E-state index contributed by atoms with van der Waals surface area (Å²) in [7, 11) is 1.94. The van der Waals surface area contributed by atoms with Crippen LogP contribution in [0.3, 0.4) is 0 Å². The lowest BCUT2D eigenvalue weighted by Crippen LogP contribution is -2.22. The predicted molar refractivity (Wildman–Crippen MR) is 100 cm³/mol. The van der Waals surface area contributed by atoms with E-state index in [-0.39, 0.29) is 5.91 Å². The molecular weight excluding hydrogens is 332 g/mol. The molecule has 0 saturated carbocycles. The van der Waals surface area contributed by atoms with Crippen molar-refractivity contribution in [1.29, 1.82) is 0 Å². The first-order valence-electron chi connectivity index (χ1n) is 8.12. The minimum atomic E-state index is 0.0433. The smallest absolute Gasteiger partial charge is 0.221 e. The van der Waals surface area contributed by atoms with Gasteiger partial charge in [-0.1, -0.05) is 72.4 Å². The SMILES string of the molecule is Cn1c(SCCC(=O)NCc2ccccc2)nnc1-c1ccccc1. The molecule has 0 aliphatic rings. The van der Waals surface area contributed by atoms with Crippen molar-refractivity contribution in [3.05, 3.63) is 66.2 Å². The van der Waals surface area contributed by atoms with Crippen LogP contribution in [0.5, 0.6) is 0 Å². The summed E-state index contributed by atoms with van der Waals surface area (Å²) in [5.74, 6) is 1.54. The molecule has 3 rings (SSSR count).